The third kappa shape index (κ3) is 9.68. The van der Waals surface area contributed by atoms with Gasteiger partial charge in [-0.25, -0.2) is 0 Å². The van der Waals surface area contributed by atoms with Gasteiger partial charge in [0, 0.05) is 12.8 Å². The second kappa shape index (κ2) is 19.9. The first kappa shape index (κ1) is 40.3. The highest BCUT2D eigenvalue weighted by Gasteiger charge is 2.51. The molecule has 3 aromatic carbocycles. The van der Waals surface area contributed by atoms with Gasteiger partial charge in [-0.2, -0.15) is 5.50 Å². The maximum absolute atomic E-state index is 8.29. The van der Waals surface area contributed by atoms with Crippen LogP contribution < -0.4 is 26.5 Å². The monoisotopic (exact) mass is 715 g/mol. The van der Waals surface area contributed by atoms with Crippen LogP contribution in [-0.2, 0) is 12.8 Å². The average Bonchev–Trinajstić information content (AvgIpc) is 3.59. The molecule has 0 amide bonds. The first-order valence-electron chi connectivity index (χ1n) is 20.8. The minimum Gasteiger partial charge on any atom is -0.195 e. The quantitative estimate of drug-likeness (QED) is 0.0768. The third-order valence-corrected chi connectivity index (χ3v) is 27.1. The minimum absolute atomic E-state index is 0.464. The van der Waals surface area contributed by atoms with Crippen LogP contribution in [0.2, 0.25) is 36.3 Å². The molecule has 0 aromatic heterocycles. The number of unbranched alkanes of at least 4 members (excludes halogenated alkanes) is 6. The van der Waals surface area contributed by atoms with Gasteiger partial charge in [0.2, 0.25) is 0 Å². The van der Waals surface area contributed by atoms with Crippen molar-refractivity contribution in [3.8, 4) is 0 Å². The van der Waals surface area contributed by atoms with Crippen LogP contribution in [0, 0.1) is 0 Å². The topological polar surface area (TPSA) is 26.0 Å². The maximum atomic E-state index is 8.29. The van der Waals surface area contributed by atoms with Crippen molar-refractivity contribution in [2.75, 3.05) is 0 Å². The molecule has 49 heavy (non-hydrogen) atoms. The Morgan fingerprint density at radius 1 is 0.490 bits per heavy atom. The molecule has 0 atom stereocenters. The summed E-state index contributed by atoms with van der Waals surface area (Å²) >= 11 is 0. The van der Waals surface area contributed by atoms with Crippen LogP contribution in [0.15, 0.2) is 72.8 Å². The summed E-state index contributed by atoms with van der Waals surface area (Å²) < 4.78 is 0. The second-order valence-electron chi connectivity index (χ2n) is 15.9. The van der Waals surface area contributed by atoms with E-state index in [4.69, 9.17) is 5.50 Å². The summed E-state index contributed by atoms with van der Waals surface area (Å²) in [6.07, 6.45) is 18.2. The molecule has 0 spiro atoms. The van der Waals surface area contributed by atoms with Crippen molar-refractivity contribution < 1.29 is 0 Å². The van der Waals surface area contributed by atoms with Crippen molar-refractivity contribution in [2.24, 2.45) is 5.50 Å². The lowest BCUT2D eigenvalue weighted by Gasteiger charge is -2.36. The Morgan fingerprint density at radius 2 is 0.816 bits per heavy atom. The molecule has 0 unspecified atom stereocenters. The van der Waals surface area contributed by atoms with Crippen molar-refractivity contribution in [2.45, 2.75) is 173 Å². The summed E-state index contributed by atoms with van der Waals surface area (Å²) in [6, 6.07) is 38.3. The van der Waals surface area contributed by atoms with Crippen LogP contribution >= 0.6 is 7.41 Å². The molecular formula is C45H73NPSi2+. The van der Waals surface area contributed by atoms with Gasteiger partial charge < -0.3 is 0 Å². The lowest BCUT2D eigenvalue weighted by molar-refractivity contribution is 0.800. The largest absolute Gasteiger partial charge is 0.195 e. The van der Waals surface area contributed by atoms with Crippen molar-refractivity contribution in [1.82, 2.24) is 0 Å². The minimum atomic E-state index is -2.21. The third-order valence-electron chi connectivity index (χ3n) is 12.4. The van der Waals surface area contributed by atoms with Crippen LogP contribution in [0.25, 0.3) is 0 Å². The van der Waals surface area contributed by atoms with E-state index in [0.29, 0.717) is 5.66 Å². The van der Waals surface area contributed by atoms with Crippen molar-refractivity contribution in [3.05, 3.63) is 83.9 Å². The highest BCUT2D eigenvalue weighted by atomic mass is 31.2. The molecule has 3 aromatic rings. The summed E-state index contributed by atoms with van der Waals surface area (Å²) in [6.45, 7) is 14.3. The summed E-state index contributed by atoms with van der Waals surface area (Å²) in [7, 11) is -5.54. The number of nitrogens with two attached hydrogens (primary N) is 1. The zero-order valence-electron chi connectivity index (χ0n) is 32.7. The standard InChI is InChI=1S/C45H73NPSi2/c1-7-13-29-48(30-14-8-2,31-15-9-3)44-27-21-25-41(37-44)47(46,43-35-39-23-19-20-24-40(39)36-43)42-26-22-28-45(38-42)49(32-16-10-4,33-17-11-5)34-18-12-6/h19-28,37-38,43H,7-18,29-36,46H2,1-6H3/q+1. The Balaban J connectivity index is 1.91. The summed E-state index contributed by atoms with van der Waals surface area (Å²) in [5, 5.41) is 6.42. The molecule has 1 aliphatic carbocycles. The van der Waals surface area contributed by atoms with Gasteiger partial charge in [0.1, 0.15) is 23.7 Å². The van der Waals surface area contributed by atoms with E-state index in [1.165, 1.54) is 135 Å². The molecule has 0 bridgehead atoms. The van der Waals surface area contributed by atoms with Gasteiger partial charge in [0.05, 0.1) is 16.1 Å². The van der Waals surface area contributed by atoms with Gasteiger partial charge in [-0.05, 0) is 35.4 Å². The fourth-order valence-electron chi connectivity index (χ4n) is 9.23. The van der Waals surface area contributed by atoms with E-state index in [1.54, 1.807) is 10.4 Å². The van der Waals surface area contributed by atoms with Gasteiger partial charge in [-0.1, -0.05) is 214 Å². The molecule has 0 saturated carbocycles. The van der Waals surface area contributed by atoms with Gasteiger partial charge in [-0.15, -0.1) is 0 Å². The molecule has 0 saturated heterocycles. The first-order valence-corrected chi connectivity index (χ1v) is 28.0. The van der Waals surface area contributed by atoms with Gasteiger partial charge in [0.15, 0.2) is 0 Å². The molecule has 4 rings (SSSR count). The van der Waals surface area contributed by atoms with Crippen molar-refractivity contribution in [3.63, 3.8) is 0 Å². The number of hydrogen-bond acceptors (Lipinski definition) is 1. The average molecular weight is 715 g/mol. The Labute approximate surface area is 306 Å². The molecule has 0 radical (unpaired) electrons. The van der Waals surface area contributed by atoms with Gasteiger partial charge in [-0.3, -0.25) is 0 Å². The molecule has 270 valence electrons. The van der Waals surface area contributed by atoms with Crippen molar-refractivity contribution in [1.29, 1.82) is 0 Å². The Bertz CT molecular complexity index is 1260. The Hall–Kier alpha value is -1.52. The van der Waals surface area contributed by atoms with Crippen LogP contribution in [0.5, 0.6) is 0 Å². The molecule has 0 fully saturated rings. The molecule has 0 aliphatic heterocycles. The molecule has 0 heterocycles. The van der Waals surface area contributed by atoms with Crippen LogP contribution in [-0.4, -0.2) is 21.8 Å². The van der Waals surface area contributed by atoms with E-state index in [1.807, 2.05) is 0 Å². The highest BCUT2D eigenvalue weighted by Crippen LogP contribution is 2.57. The predicted octanol–water partition coefficient (Wildman–Crippen LogP) is 11.8. The second-order valence-corrected chi connectivity index (χ2v) is 28.5. The lowest BCUT2D eigenvalue weighted by atomic mass is 10.1. The van der Waals surface area contributed by atoms with Gasteiger partial charge >= 0.3 is 0 Å². The SMILES string of the molecule is CCCC[Si](CCCC)(CCCC)c1cccc([P+](N)(c2cccc([Si](CCCC)(CCCC)CCCC)c2)C2Cc3ccccc3C2)c1. The van der Waals surface area contributed by atoms with E-state index < -0.39 is 23.6 Å². The number of benzene rings is 3. The number of hydrogen-bond donors (Lipinski definition) is 1. The molecule has 4 heteroatoms. The molecule has 1 nitrogen and oxygen atoms in total. The summed E-state index contributed by atoms with van der Waals surface area (Å²) in [4.78, 5) is 0. The highest BCUT2D eigenvalue weighted by molar-refractivity contribution is 7.88. The van der Waals surface area contributed by atoms with Crippen LogP contribution in [0.1, 0.15) is 130 Å². The van der Waals surface area contributed by atoms with E-state index >= 15 is 0 Å². The van der Waals surface area contributed by atoms with E-state index in [9.17, 15) is 0 Å². The van der Waals surface area contributed by atoms with Crippen molar-refractivity contribution >= 4 is 44.5 Å². The zero-order chi connectivity index (χ0) is 35.2. The zero-order valence-corrected chi connectivity index (χ0v) is 35.6. The fraction of sp³-hybridized carbons (Fsp3) is 0.600. The van der Waals surface area contributed by atoms with Crippen LogP contribution in [0.3, 0.4) is 0 Å². The van der Waals surface area contributed by atoms with E-state index in [2.05, 4.69) is 114 Å². The lowest BCUT2D eigenvalue weighted by Crippen LogP contribution is -2.50. The van der Waals surface area contributed by atoms with E-state index in [-0.39, 0.29) is 0 Å². The van der Waals surface area contributed by atoms with Gasteiger partial charge in [0.25, 0.3) is 0 Å². The normalized spacial score (nSPS) is 14.0. The fourth-order valence-corrected chi connectivity index (χ4v) is 24.2. The summed E-state index contributed by atoms with van der Waals surface area (Å²) in [5.41, 5.74) is 11.8. The Morgan fingerprint density at radius 3 is 1.12 bits per heavy atom. The number of fused-ring (bicyclic) bond motifs is 1. The first-order chi connectivity index (χ1) is 23.9. The molecule has 2 N–H and O–H groups in total. The number of rotatable bonds is 23. The maximum Gasteiger partial charge on any atom is 0.146 e. The predicted molar refractivity (Wildman–Crippen MR) is 230 cm³/mol. The smallest absolute Gasteiger partial charge is 0.146 e. The summed E-state index contributed by atoms with van der Waals surface area (Å²) in [5.74, 6) is 0. The molecular weight excluding hydrogens is 642 g/mol. The molecule has 1 aliphatic rings. The van der Waals surface area contributed by atoms with E-state index in [0.717, 1.165) is 12.8 Å². The van der Waals surface area contributed by atoms with Crippen LogP contribution in [0.4, 0.5) is 0 Å². The Kier molecular flexibility index (Phi) is 16.4.